The van der Waals surface area contributed by atoms with Crippen LogP contribution in [0.1, 0.15) is 21.6 Å². The van der Waals surface area contributed by atoms with Gasteiger partial charge in [0.1, 0.15) is 12.2 Å². The van der Waals surface area contributed by atoms with E-state index in [-0.39, 0.29) is 12.2 Å². The van der Waals surface area contributed by atoms with E-state index in [1.807, 2.05) is 0 Å². The first-order chi connectivity index (χ1) is 10.8. The summed E-state index contributed by atoms with van der Waals surface area (Å²) in [6.45, 7) is -0.696. The number of rotatable bonds is 5. The fraction of sp³-hybridized carbons (Fsp3) is 0.214. The molecule has 0 aliphatic carbocycles. The van der Waals surface area contributed by atoms with Gasteiger partial charge in [-0.1, -0.05) is 12.1 Å². The first-order valence-electron chi connectivity index (χ1n) is 6.33. The number of aromatic nitrogens is 1. The topological polar surface area (TPSA) is 70.5 Å². The molecule has 0 atom stereocenters. The summed E-state index contributed by atoms with van der Waals surface area (Å²) in [6.07, 6.45) is -4.45. The Labute approximate surface area is 133 Å². The number of hydrogen-bond acceptors (Lipinski definition) is 4. The number of amides is 1. The van der Waals surface area contributed by atoms with Gasteiger partial charge in [-0.3, -0.25) is 9.59 Å². The number of carbonyl (C=O) groups excluding carboxylic acids is 1. The smallest absolute Gasteiger partial charge is 0.416 e. The molecule has 0 saturated carbocycles. The van der Waals surface area contributed by atoms with Crippen molar-refractivity contribution in [1.82, 2.24) is 9.88 Å². The minimum Gasteiger partial charge on any atom is -0.480 e. The van der Waals surface area contributed by atoms with Crippen molar-refractivity contribution in [2.75, 3.05) is 6.54 Å². The first kappa shape index (κ1) is 16.9. The Hall–Kier alpha value is -2.42. The average molecular weight is 344 g/mol. The van der Waals surface area contributed by atoms with Crippen molar-refractivity contribution in [1.29, 1.82) is 0 Å². The number of hydrogen-bond donors (Lipinski definition) is 1. The molecule has 0 saturated heterocycles. The third-order valence-electron chi connectivity index (χ3n) is 2.92. The summed E-state index contributed by atoms with van der Waals surface area (Å²) in [5, 5.41) is 10.4. The third kappa shape index (κ3) is 4.52. The maximum Gasteiger partial charge on any atom is 0.416 e. The van der Waals surface area contributed by atoms with Crippen molar-refractivity contribution in [2.24, 2.45) is 0 Å². The van der Waals surface area contributed by atoms with Crippen LogP contribution in [-0.4, -0.2) is 33.4 Å². The van der Waals surface area contributed by atoms with Gasteiger partial charge in [0.2, 0.25) is 0 Å². The summed E-state index contributed by atoms with van der Waals surface area (Å²) in [6, 6.07) is 4.21. The quantitative estimate of drug-likeness (QED) is 0.905. The molecule has 1 amide bonds. The molecule has 1 heterocycles. The van der Waals surface area contributed by atoms with Crippen molar-refractivity contribution in [3.05, 3.63) is 52.0 Å². The van der Waals surface area contributed by atoms with Gasteiger partial charge < -0.3 is 10.0 Å². The fourth-order valence-corrected chi connectivity index (χ4v) is 2.39. The lowest BCUT2D eigenvalue weighted by molar-refractivity contribution is -0.138. The highest BCUT2D eigenvalue weighted by molar-refractivity contribution is 7.07. The second-order valence-electron chi connectivity index (χ2n) is 4.62. The molecule has 2 aromatic rings. The first-order valence-corrected chi connectivity index (χ1v) is 7.27. The molecule has 0 fully saturated rings. The maximum absolute atomic E-state index is 12.5. The van der Waals surface area contributed by atoms with Crippen molar-refractivity contribution in [3.8, 4) is 0 Å². The molecule has 0 spiro atoms. The van der Waals surface area contributed by atoms with Gasteiger partial charge in [0, 0.05) is 11.9 Å². The van der Waals surface area contributed by atoms with E-state index in [1.54, 1.807) is 0 Å². The van der Waals surface area contributed by atoms with Gasteiger partial charge in [-0.15, -0.1) is 11.3 Å². The van der Waals surface area contributed by atoms with E-state index >= 15 is 0 Å². The van der Waals surface area contributed by atoms with E-state index in [0.29, 0.717) is 5.56 Å². The van der Waals surface area contributed by atoms with Gasteiger partial charge in [-0.2, -0.15) is 13.2 Å². The Kier molecular flexibility index (Phi) is 4.99. The zero-order valence-corrected chi connectivity index (χ0v) is 12.4. The Bertz CT molecular complexity index is 684. The Morgan fingerprint density at radius 3 is 2.35 bits per heavy atom. The molecule has 1 N–H and O–H groups in total. The van der Waals surface area contributed by atoms with E-state index in [1.165, 1.54) is 34.4 Å². The highest BCUT2D eigenvalue weighted by Gasteiger charge is 2.30. The van der Waals surface area contributed by atoms with Crippen molar-refractivity contribution < 1.29 is 27.9 Å². The van der Waals surface area contributed by atoms with Gasteiger partial charge in [0.25, 0.3) is 5.91 Å². The van der Waals surface area contributed by atoms with Crippen LogP contribution in [0.2, 0.25) is 0 Å². The van der Waals surface area contributed by atoms with Gasteiger partial charge in [-0.05, 0) is 17.7 Å². The summed E-state index contributed by atoms with van der Waals surface area (Å²) in [7, 11) is 0. The molecule has 5 nitrogen and oxygen atoms in total. The molecular formula is C14H11F3N2O3S. The summed E-state index contributed by atoms with van der Waals surface area (Å²) in [5.74, 6) is -1.81. The Morgan fingerprint density at radius 2 is 1.87 bits per heavy atom. The van der Waals surface area contributed by atoms with E-state index in [2.05, 4.69) is 4.98 Å². The zero-order valence-electron chi connectivity index (χ0n) is 11.6. The number of carboxylic acids is 1. The van der Waals surface area contributed by atoms with Gasteiger partial charge in [0.15, 0.2) is 0 Å². The predicted octanol–water partition coefficient (Wildman–Crippen LogP) is 2.89. The van der Waals surface area contributed by atoms with Crippen LogP contribution in [0.25, 0.3) is 0 Å². The Morgan fingerprint density at radius 1 is 1.22 bits per heavy atom. The van der Waals surface area contributed by atoms with Gasteiger partial charge in [0.05, 0.1) is 11.1 Å². The SMILES string of the molecule is O=C(O)CN(Cc1ccc(C(F)(F)F)cc1)C(=O)c1cscn1. The van der Waals surface area contributed by atoms with Crippen LogP contribution < -0.4 is 0 Å². The second-order valence-corrected chi connectivity index (χ2v) is 5.34. The molecule has 122 valence electrons. The molecule has 2 rings (SSSR count). The number of thiazole rings is 1. The largest absolute Gasteiger partial charge is 0.480 e. The third-order valence-corrected chi connectivity index (χ3v) is 3.51. The van der Waals surface area contributed by atoms with Crippen LogP contribution >= 0.6 is 11.3 Å². The van der Waals surface area contributed by atoms with Crippen molar-refractivity contribution >= 4 is 23.2 Å². The van der Waals surface area contributed by atoms with Gasteiger partial charge >= 0.3 is 12.1 Å². The molecule has 0 unspecified atom stereocenters. The fourth-order valence-electron chi connectivity index (χ4n) is 1.86. The van der Waals surface area contributed by atoms with Crippen LogP contribution in [0, 0.1) is 0 Å². The number of benzene rings is 1. The highest BCUT2D eigenvalue weighted by atomic mass is 32.1. The predicted molar refractivity (Wildman–Crippen MR) is 75.9 cm³/mol. The standard InChI is InChI=1S/C14H11F3N2O3S/c15-14(16,17)10-3-1-9(2-4-10)5-19(6-12(20)21)13(22)11-7-23-8-18-11/h1-4,7-8H,5-6H2,(H,20,21). The van der Waals surface area contributed by atoms with E-state index < -0.39 is 30.2 Å². The number of carbonyl (C=O) groups is 2. The number of alkyl halides is 3. The number of nitrogens with zero attached hydrogens (tertiary/aromatic N) is 2. The summed E-state index contributed by atoms with van der Waals surface area (Å²) in [5.41, 5.74) is 1.12. The van der Waals surface area contributed by atoms with Gasteiger partial charge in [-0.25, -0.2) is 4.98 Å². The Balaban J connectivity index is 2.17. The van der Waals surface area contributed by atoms with Crippen LogP contribution in [-0.2, 0) is 17.5 Å². The number of halogens is 3. The lowest BCUT2D eigenvalue weighted by Gasteiger charge is -2.20. The van der Waals surface area contributed by atoms with E-state index in [4.69, 9.17) is 5.11 Å². The lowest BCUT2D eigenvalue weighted by Crippen LogP contribution is -2.35. The second kappa shape index (κ2) is 6.78. The van der Waals surface area contributed by atoms with Crippen LogP contribution in [0.3, 0.4) is 0 Å². The van der Waals surface area contributed by atoms with Crippen molar-refractivity contribution in [3.63, 3.8) is 0 Å². The molecule has 1 aromatic carbocycles. The lowest BCUT2D eigenvalue weighted by atomic mass is 10.1. The van der Waals surface area contributed by atoms with E-state index in [9.17, 15) is 22.8 Å². The highest BCUT2D eigenvalue weighted by Crippen LogP contribution is 2.29. The zero-order chi connectivity index (χ0) is 17.0. The van der Waals surface area contributed by atoms with Crippen molar-refractivity contribution in [2.45, 2.75) is 12.7 Å². The molecule has 0 aliphatic heterocycles. The minimum atomic E-state index is -4.45. The normalized spacial score (nSPS) is 11.3. The number of carboxylic acid groups (broad SMARTS) is 1. The minimum absolute atomic E-state index is 0.100. The maximum atomic E-state index is 12.5. The van der Waals surface area contributed by atoms with Crippen LogP contribution in [0.5, 0.6) is 0 Å². The molecule has 0 aliphatic rings. The van der Waals surface area contributed by atoms with E-state index in [0.717, 1.165) is 17.0 Å². The summed E-state index contributed by atoms with van der Waals surface area (Å²) >= 11 is 1.18. The molecule has 0 radical (unpaired) electrons. The molecule has 0 bridgehead atoms. The molecule has 23 heavy (non-hydrogen) atoms. The van der Waals surface area contributed by atoms with Crippen LogP contribution in [0.4, 0.5) is 13.2 Å². The molecule has 9 heteroatoms. The number of aliphatic carboxylic acids is 1. The summed E-state index contributed by atoms with van der Waals surface area (Å²) in [4.78, 5) is 27.9. The van der Waals surface area contributed by atoms with Crippen LogP contribution in [0.15, 0.2) is 35.2 Å². The molecule has 1 aromatic heterocycles. The molecular weight excluding hydrogens is 333 g/mol. The average Bonchev–Trinajstić information content (AvgIpc) is 2.99. The summed E-state index contributed by atoms with van der Waals surface area (Å²) < 4.78 is 37.6. The monoisotopic (exact) mass is 344 g/mol.